The van der Waals surface area contributed by atoms with Crippen molar-refractivity contribution in [3.05, 3.63) is 64.1 Å². The van der Waals surface area contributed by atoms with Gasteiger partial charge in [0.05, 0.1) is 24.4 Å². The fourth-order valence-electron chi connectivity index (χ4n) is 2.13. The highest BCUT2D eigenvalue weighted by Crippen LogP contribution is 2.13. The number of esters is 2. The molecule has 2 heterocycles. The first kappa shape index (κ1) is 17.7. The molecule has 134 valence electrons. The fourth-order valence-corrected chi connectivity index (χ4v) is 2.82. The van der Waals surface area contributed by atoms with E-state index >= 15 is 0 Å². The molecule has 0 bridgehead atoms. The van der Waals surface area contributed by atoms with Gasteiger partial charge in [0.25, 0.3) is 0 Å². The van der Waals surface area contributed by atoms with Gasteiger partial charge in [-0.15, -0.1) is 11.3 Å². The molecule has 0 saturated carbocycles. The van der Waals surface area contributed by atoms with E-state index in [1.807, 2.05) is 12.1 Å². The van der Waals surface area contributed by atoms with E-state index in [1.165, 1.54) is 6.33 Å². The quantitative estimate of drug-likeness (QED) is 0.587. The van der Waals surface area contributed by atoms with Gasteiger partial charge in [-0.3, -0.25) is 0 Å². The second-order valence-electron chi connectivity index (χ2n) is 5.23. The summed E-state index contributed by atoms with van der Waals surface area (Å²) in [6.07, 6.45) is 3.10. The molecule has 3 rings (SSSR count). The number of hydrogen-bond donors (Lipinski definition) is 0. The van der Waals surface area contributed by atoms with Crippen molar-refractivity contribution in [1.29, 1.82) is 0 Å². The van der Waals surface area contributed by atoms with Crippen LogP contribution in [0.5, 0.6) is 0 Å². The molecule has 8 nitrogen and oxygen atoms in total. The summed E-state index contributed by atoms with van der Waals surface area (Å²) in [5.74, 6) is -0.930. The highest BCUT2D eigenvalue weighted by Gasteiger charge is 2.14. The summed E-state index contributed by atoms with van der Waals surface area (Å²) in [5.41, 5.74) is 1.94. The van der Waals surface area contributed by atoms with Crippen LogP contribution in [0.1, 0.15) is 38.3 Å². The molecule has 1 aromatic carbocycles. The normalized spacial score (nSPS) is 10.5. The fraction of sp³-hybridized carbons (Fsp3) is 0.235. The molecule has 0 aliphatic heterocycles. The summed E-state index contributed by atoms with van der Waals surface area (Å²) in [6, 6.07) is 7.05. The third kappa shape index (κ3) is 4.51. The van der Waals surface area contributed by atoms with Gasteiger partial charge in [0, 0.05) is 5.38 Å². The lowest BCUT2D eigenvalue weighted by atomic mass is 10.1. The van der Waals surface area contributed by atoms with Crippen LogP contribution in [0, 0.1) is 0 Å². The number of carbonyl (C=O) groups is 2. The first-order chi connectivity index (χ1) is 12.7. The predicted molar refractivity (Wildman–Crippen MR) is 92.8 cm³/mol. The number of hydrogen-bond acceptors (Lipinski definition) is 8. The second-order valence-corrected chi connectivity index (χ2v) is 6.09. The molecule has 0 unspecified atom stereocenters. The van der Waals surface area contributed by atoms with Crippen molar-refractivity contribution >= 4 is 23.3 Å². The van der Waals surface area contributed by atoms with Gasteiger partial charge in [0.1, 0.15) is 19.3 Å². The Hall–Kier alpha value is -3.07. The summed E-state index contributed by atoms with van der Waals surface area (Å²) in [6.45, 7) is 2.58. The Kier molecular flexibility index (Phi) is 5.69. The minimum Gasteiger partial charge on any atom is -0.461 e. The minimum atomic E-state index is -0.474. The Balaban J connectivity index is 1.54. The van der Waals surface area contributed by atoms with E-state index < -0.39 is 11.9 Å². The Morgan fingerprint density at radius 1 is 1.15 bits per heavy atom. The first-order valence-electron chi connectivity index (χ1n) is 7.85. The smallest absolute Gasteiger partial charge is 0.367 e. The molecule has 0 radical (unpaired) electrons. The molecule has 0 fully saturated rings. The highest BCUT2D eigenvalue weighted by atomic mass is 32.1. The number of ether oxygens (including phenoxy) is 2. The van der Waals surface area contributed by atoms with E-state index in [1.54, 1.807) is 35.4 Å². The summed E-state index contributed by atoms with van der Waals surface area (Å²) in [7, 11) is 0. The molecule has 0 N–H and O–H groups in total. The maximum absolute atomic E-state index is 12.1. The van der Waals surface area contributed by atoms with Crippen molar-refractivity contribution in [3.8, 4) is 0 Å². The van der Waals surface area contributed by atoms with Crippen LogP contribution in [-0.2, 0) is 22.6 Å². The summed E-state index contributed by atoms with van der Waals surface area (Å²) < 4.78 is 11.8. The van der Waals surface area contributed by atoms with Crippen LogP contribution in [0.2, 0.25) is 0 Å². The zero-order chi connectivity index (χ0) is 18.4. The van der Waals surface area contributed by atoms with Crippen LogP contribution in [0.4, 0.5) is 0 Å². The number of rotatable bonds is 7. The van der Waals surface area contributed by atoms with Crippen LogP contribution in [-0.4, -0.2) is 38.3 Å². The lowest BCUT2D eigenvalue weighted by molar-refractivity contribution is 0.0468. The Bertz CT molecular complexity index is 875. The van der Waals surface area contributed by atoms with Crippen molar-refractivity contribution in [2.24, 2.45) is 0 Å². The molecule has 2 aromatic heterocycles. The van der Waals surface area contributed by atoms with Crippen molar-refractivity contribution in [2.45, 2.75) is 20.1 Å². The Morgan fingerprint density at radius 2 is 1.96 bits per heavy atom. The van der Waals surface area contributed by atoms with Gasteiger partial charge < -0.3 is 9.47 Å². The molecule has 26 heavy (non-hydrogen) atoms. The van der Waals surface area contributed by atoms with E-state index in [2.05, 4.69) is 15.1 Å². The van der Waals surface area contributed by atoms with Gasteiger partial charge in [-0.2, -0.15) is 5.10 Å². The topological polar surface area (TPSA) is 96.2 Å². The zero-order valence-corrected chi connectivity index (χ0v) is 14.8. The largest absolute Gasteiger partial charge is 0.461 e. The van der Waals surface area contributed by atoms with Gasteiger partial charge in [0.15, 0.2) is 0 Å². The number of aromatic nitrogens is 4. The van der Waals surface area contributed by atoms with Crippen LogP contribution in [0.25, 0.3) is 0 Å². The van der Waals surface area contributed by atoms with Crippen LogP contribution in [0.15, 0.2) is 42.3 Å². The Morgan fingerprint density at radius 3 is 2.65 bits per heavy atom. The molecule has 0 aliphatic rings. The van der Waals surface area contributed by atoms with Crippen LogP contribution >= 0.6 is 11.3 Å². The number of carbonyl (C=O) groups excluding carboxylic acids is 2. The van der Waals surface area contributed by atoms with E-state index in [4.69, 9.17) is 9.47 Å². The van der Waals surface area contributed by atoms with E-state index in [0.717, 1.165) is 16.9 Å². The van der Waals surface area contributed by atoms with Gasteiger partial charge in [-0.05, 0) is 24.6 Å². The lowest BCUT2D eigenvalue weighted by Gasteiger charge is -2.05. The average molecular weight is 372 g/mol. The molecule has 0 amide bonds. The Labute approximate surface area is 153 Å². The average Bonchev–Trinajstić information content (AvgIpc) is 3.32. The van der Waals surface area contributed by atoms with Crippen molar-refractivity contribution in [2.75, 3.05) is 6.61 Å². The maximum Gasteiger partial charge on any atom is 0.367 e. The standard InChI is InChI=1S/C17H16N4O4S/c1-2-24-17(23)15-20-14(9-26-15)8-25-16(22)13-5-3-12(4-6-13)7-21-11-18-10-19-21/h3-6,9-11H,2,7-8H2,1H3. The zero-order valence-electron chi connectivity index (χ0n) is 14.0. The summed E-state index contributed by atoms with van der Waals surface area (Å²) >= 11 is 1.16. The number of thiazole rings is 1. The van der Waals surface area contributed by atoms with Crippen LogP contribution in [0.3, 0.4) is 0 Å². The minimum absolute atomic E-state index is 0.00452. The van der Waals surface area contributed by atoms with Crippen molar-refractivity contribution < 1.29 is 19.1 Å². The molecule has 0 aliphatic carbocycles. The molecule has 0 saturated heterocycles. The third-order valence-electron chi connectivity index (χ3n) is 3.35. The van der Waals surface area contributed by atoms with Gasteiger partial charge in [-0.25, -0.2) is 24.2 Å². The molecule has 0 spiro atoms. The SMILES string of the molecule is CCOC(=O)c1nc(COC(=O)c2ccc(Cn3cncn3)cc2)cs1. The van der Waals surface area contributed by atoms with E-state index in [0.29, 0.717) is 17.8 Å². The van der Waals surface area contributed by atoms with Crippen molar-refractivity contribution in [3.63, 3.8) is 0 Å². The first-order valence-corrected chi connectivity index (χ1v) is 8.73. The molecule has 3 aromatic rings. The third-order valence-corrected chi connectivity index (χ3v) is 4.22. The van der Waals surface area contributed by atoms with Gasteiger partial charge in [0.2, 0.25) is 5.01 Å². The van der Waals surface area contributed by atoms with Gasteiger partial charge in [-0.1, -0.05) is 12.1 Å². The highest BCUT2D eigenvalue weighted by molar-refractivity contribution is 7.11. The molecule has 9 heteroatoms. The monoisotopic (exact) mass is 372 g/mol. The number of nitrogens with zero attached hydrogens (tertiary/aromatic N) is 4. The van der Waals surface area contributed by atoms with E-state index in [9.17, 15) is 9.59 Å². The van der Waals surface area contributed by atoms with Crippen LogP contribution < -0.4 is 0 Å². The summed E-state index contributed by atoms with van der Waals surface area (Å²) in [5, 5.41) is 5.95. The van der Waals surface area contributed by atoms with Gasteiger partial charge >= 0.3 is 11.9 Å². The number of benzene rings is 1. The van der Waals surface area contributed by atoms with E-state index in [-0.39, 0.29) is 18.2 Å². The molecule has 0 atom stereocenters. The molecular formula is C17H16N4O4S. The summed E-state index contributed by atoms with van der Waals surface area (Å²) in [4.78, 5) is 31.7. The maximum atomic E-state index is 12.1. The van der Waals surface area contributed by atoms with Crippen molar-refractivity contribution in [1.82, 2.24) is 19.7 Å². The lowest BCUT2D eigenvalue weighted by Crippen LogP contribution is -2.07. The second kappa shape index (κ2) is 8.34. The molecular weight excluding hydrogens is 356 g/mol. The predicted octanol–water partition coefficient (Wildman–Crippen LogP) is 2.32.